The molecule has 0 saturated heterocycles. The highest BCUT2D eigenvalue weighted by Gasteiger charge is 2.12. The van der Waals surface area contributed by atoms with Gasteiger partial charge in [0, 0.05) is 12.2 Å². The molecule has 4 heteroatoms. The number of aliphatic hydroxyl groups excluding tert-OH is 1. The van der Waals surface area contributed by atoms with Gasteiger partial charge in [0.05, 0.1) is 29.1 Å². The molecule has 112 valence electrons. The van der Waals surface area contributed by atoms with E-state index in [1.54, 1.807) is 6.92 Å². The topological polar surface area (TPSA) is 36.4 Å². The Morgan fingerprint density at radius 1 is 1.29 bits per heavy atom. The molecule has 2 aromatic rings. The summed E-state index contributed by atoms with van der Waals surface area (Å²) in [5, 5.41) is 10.3. The van der Waals surface area contributed by atoms with Crippen LogP contribution in [0.15, 0.2) is 36.4 Å². The largest absolute Gasteiger partial charge is 0.389 e. The van der Waals surface area contributed by atoms with Gasteiger partial charge in [0.15, 0.2) is 0 Å². The van der Waals surface area contributed by atoms with E-state index in [0.29, 0.717) is 11.6 Å². The van der Waals surface area contributed by atoms with Gasteiger partial charge in [-0.25, -0.2) is 0 Å². The first kappa shape index (κ1) is 15.8. The number of aliphatic hydroxyl groups is 1. The fourth-order valence-electron chi connectivity index (χ4n) is 2.29. The first-order valence-electron chi connectivity index (χ1n) is 7.16. The Morgan fingerprint density at radius 2 is 2.05 bits per heavy atom. The van der Waals surface area contributed by atoms with Crippen LogP contribution in [-0.4, -0.2) is 16.6 Å². The lowest BCUT2D eigenvalue weighted by Crippen LogP contribution is -2.23. The van der Waals surface area contributed by atoms with E-state index in [9.17, 15) is 5.11 Å². The zero-order valence-corrected chi connectivity index (χ0v) is 13.4. The third-order valence-electron chi connectivity index (χ3n) is 3.48. The summed E-state index contributed by atoms with van der Waals surface area (Å²) in [6.45, 7) is 7.37. The van der Waals surface area contributed by atoms with Gasteiger partial charge in [-0.15, -0.1) is 0 Å². The number of nitrogens with zero attached hydrogens (tertiary/aromatic N) is 2. The van der Waals surface area contributed by atoms with Crippen LogP contribution in [0.25, 0.3) is 0 Å². The van der Waals surface area contributed by atoms with Crippen molar-refractivity contribution in [3.63, 3.8) is 0 Å². The summed E-state index contributed by atoms with van der Waals surface area (Å²) >= 11 is 6.37. The van der Waals surface area contributed by atoms with E-state index < -0.39 is 6.10 Å². The number of aromatic nitrogens is 1. The first-order chi connectivity index (χ1) is 10.0. The molecule has 0 aliphatic carbocycles. The molecule has 1 aromatic heterocycles. The first-order valence-corrected chi connectivity index (χ1v) is 7.54. The van der Waals surface area contributed by atoms with Crippen LogP contribution in [-0.2, 0) is 6.54 Å². The minimum Gasteiger partial charge on any atom is -0.389 e. The lowest BCUT2D eigenvalue weighted by atomic mass is 10.1. The van der Waals surface area contributed by atoms with E-state index in [2.05, 4.69) is 16.8 Å². The number of benzene rings is 1. The minimum atomic E-state index is -0.509. The zero-order valence-electron chi connectivity index (χ0n) is 12.7. The fourth-order valence-corrected chi connectivity index (χ4v) is 2.60. The van der Waals surface area contributed by atoms with Crippen LogP contribution in [0.5, 0.6) is 0 Å². The molecule has 0 aliphatic rings. The molecule has 1 heterocycles. The van der Waals surface area contributed by atoms with E-state index in [0.717, 1.165) is 29.2 Å². The van der Waals surface area contributed by atoms with Crippen molar-refractivity contribution in [2.45, 2.75) is 33.4 Å². The van der Waals surface area contributed by atoms with Crippen molar-refractivity contribution >= 4 is 17.3 Å². The lowest BCUT2D eigenvalue weighted by molar-refractivity contribution is 0.199. The summed E-state index contributed by atoms with van der Waals surface area (Å²) in [5.74, 6) is 0. The monoisotopic (exact) mass is 304 g/mol. The number of pyridine rings is 1. The molecule has 0 aliphatic heterocycles. The number of halogens is 1. The van der Waals surface area contributed by atoms with Gasteiger partial charge < -0.3 is 10.0 Å². The standard InChI is InChI=1S/C17H21ClN2O/c1-4-20(11-15-7-5-6-12(2)19-15)17-9-8-14(13(3)21)10-16(17)18/h5-10,13,21H,4,11H2,1-3H3. The van der Waals surface area contributed by atoms with Crippen molar-refractivity contribution in [1.29, 1.82) is 0 Å². The second-order valence-electron chi connectivity index (χ2n) is 5.17. The molecule has 0 radical (unpaired) electrons. The Hall–Kier alpha value is -1.58. The van der Waals surface area contributed by atoms with Gasteiger partial charge in [0.25, 0.3) is 0 Å². The highest BCUT2D eigenvalue weighted by molar-refractivity contribution is 6.33. The van der Waals surface area contributed by atoms with E-state index in [4.69, 9.17) is 11.6 Å². The Bertz CT molecular complexity index is 613. The third-order valence-corrected chi connectivity index (χ3v) is 3.78. The van der Waals surface area contributed by atoms with Crippen molar-refractivity contribution in [2.24, 2.45) is 0 Å². The van der Waals surface area contributed by atoms with Gasteiger partial charge in [-0.2, -0.15) is 0 Å². The molecule has 0 amide bonds. The van der Waals surface area contributed by atoms with E-state index in [1.165, 1.54) is 0 Å². The predicted octanol–water partition coefficient (Wildman–Crippen LogP) is 4.12. The van der Waals surface area contributed by atoms with Crippen LogP contribution >= 0.6 is 11.6 Å². The minimum absolute atomic E-state index is 0.509. The molecule has 1 atom stereocenters. The predicted molar refractivity (Wildman–Crippen MR) is 87.8 cm³/mol. The molecule has 1 N–H and O–H groups in total. The number of hydrogen-bond acceptors (Lipinski definition) is 3. The number of aryl methyl sites for hydroxylation is 1. The molecule has 0 saturated carbocycles. The van der Waals surface area contributed by atoms with Gasteiger partial charge in [-0.1, -0.05) is 23.7 Å². The third kappa shape index (κ3) is 3.96. The van der Waals surface area contributed by atoms with E-state index in [-0.39, 0.29) is 0 Å². The average Bonchev–Trinajstić information content (AvgIpc) is 2.45. The van der Waals surface area contributed by atoms with Gasteiger partial charge in [-0.3, -0.25) is 4.98 Å². The number of anilines is 1. The van der Waals surface area contributed by atoms with Gasteiger partial charge >= 0.3 is 0 Å². The van der Waals surface area contributed by atoms with Crippen LogP contribution in [0.3, 0.4) is 0 Å². The molecule has 21 heavy (non-hydrogen) atoms. The number of rotatable bonds is 5. The quantitative estimate of drug-likeness (QED) is 0.902. The molecule has 0 spiro atoms. The Labute approximate surface area is 131 Å². The van der Waals surface area contributed by atoms with Crippen molar-refractivity contribution in [1.82, 2.24) is 4.98 Å². The zero-order chi connectivity index (χ0) is 15.4. The second-order valence-corrected chi connectivity index (χ2v) is 5.58. The summed E-state index contributed by atoms with van der Waals surface area (Å²) < 4.78 is 0. The average molecular weight is 305 g/mol. The van der Waals surface area contributed by atoms with Crippen molar-refractivity contribution in [3.8, 4) is 0 Å². The van der Waals surface area contributed by atoms with E-state index >= 15 is 0 Å². The lowest BCUT2D eigenvalue weighted by Gasteiger charge is -2.24. The van der Waals surface area contributed by atoms with Crippen LogP contribution in [0.4, 0.5) is 5.69 Å². The van der Waals surface area contributed by atoms with Crippen LogP contribution in [0.2, 0.25) is 5.02 Å². The summed E-state index contributed by atoms with van der Waals surface area (Å²) in [6.07, 6.45) is -0.509. The van der Waals surface area contributed by atoms with Crippen molar-refractivity contribution in [2.75, 3.05) is 11.4 Å². The molecule has 2 rings (SSSR count). The maximum Gasteiger partial charge on any atom is 0.0762 e. The molecule has 1 unspecified atom stereocenters. The maximum atomic E-state index is 9.62. The van der Waals surface area contributed by atoms with Gasteiger partial charge in [-0.05, 0) is 50.6 Å². The summed E-state index contributed by atoms with van der Waals surface area (Å²) in [7, 11) is 0. The highest BCUT2D eigenvalue weighted by atomic mass is 35.5. The second kappa shape index (κ2) is 6.92. The smallest absolute Gasteiger partial charge is 0.0762 e. The Balaban J connectivity index is 2.25. The molecular weight excluding hydrogens is 284 g/mol. The summed E-state index contributed by atoms with van der Waals surface area (Å²) in [5.41, 5.74) is 3.83. The normalized spacial score (nSPS) is 12.2. The maximum absolute atomic E-state index is 9.62. The SMILES string of the molecule is CCN(Cc1cccc(C)n1)c1ccc(C(C)O)cc1Cl. The molecule has 0 fully saturated rings. The Kier molecular flexibility index (Phi) is 5.21. The number of hydrogen-bond donors (Lipinski definition) is 1. The highest BCUT2D eigenvalue weighted by Crippen LogP contribution is 2.29. The van der Waals surface area contributed by atoms with Crippen molar-refractivity contribution in [3.05, 3.63) is 58.4 Å². The van der Waals surface area contributed by atoms with Gasteiger partial charge in [0.1, 0.15) is 0 Å². The van der Waals surface area contributed by atoms with E-state index in [1.807, 2.05) is 43.3 Å². The molecular formula is C17H21ClN2O. The molecule has 0 bridgehead atoms. The molecule has 3 nitrogen and oxygen atoms in total. The summed E-state index contributed by atoms with van der Waals surface area (Å²) in [6, 6.07) is 11.7. The fraction of sp³-hybridized carbons (Fsp3) is 0.353. The van der Waals surface area contributed by atoms with Crippen LogP contribution in [0, 0.1) is 6.92 Å². The molecule has 1 aromatic carbocycles. The van der Waals surface area contributed by atoms with Crippen molar-refractivity contribution < 1.29 is 5.11 Å². The summed E-state index contributed by atoms with van der Waals surface area (Å²) in [4.78, 5) is 6.71. The van der Waals surface area contributed by atoms with Crippen LogP contribution in [0.1, 0.15) is 36.9 Å². The van der Waals surface area contributed by atoms with Crippen LogP contribution < -0.4 is 4.90 Å². The Morgan fingerprint density at radius 3 is 2.62 bits per heavy atom. The van der Waals surface area contributed by atoms with Gasteiger partial charge in [0.2, 0.25) is 0 Å².